The lowest BCUT2D eigenvalue weighted by molar-refractivity contribution is 0.0285. The smallest absolute Gasteiger partial charge is 0.410 e. The number of nitrogens with one attached hydrogen (secondary N) is 1. The molecule has 1 N–H and O–H groups in total. The van der Waals surface area contributed by atoms with Crippen molar-refractivity contribution in [1.29, 1.82) is 0 Å². The number of likely N-dealkylation sites (tertiary alicyclic amines) is 1. The van der Waals surface area contributed by atoms with Gasteiger partial charge >= 0.3 is 6.09 Å². The second-order valence-electron chi connectivity index (χ2n) is 6.63. The third-order valence-corrected chi connectivity index (χ3v) is 4.34. The predicted molar refractivity (Wildman–Crippen MR) is 86.4 cm³/mol. The van der Waals surface area contributed by atoms with Gasteiger partial charge in [0.2, 0.25) is 0 Å². The number of carbonyl (C=O) groups is 1. The van der Waals surface area contributed by atoms with Gasteiger partial charge in [0.15, 0.2) is 4.60 Å². The Bertz CT molecular complexity index is 520. The zero-order chi connectivity index (χ0) is 16.5. The van der Waals surface area contributed by atoms with E-state index in [0.29, 0.717) is 19.0 Å². The lowest BCUT2D eigenvalue weighted by atomic mass is 9.96. The number of rotatable bonds is 3. The minimum atomic E-state index is -0.466. The van der Waals surface area contributed by atoms with E-state index in [0.717, 1.165) is 16.7 Å². The zero-order valence-electron chi connectivity index (χ0n) is 13.8. The maximum Gasteiger partial charge on any atom is 0.410 e. The molecule has 1 aromatic heterocycles. The van der Waals surface area contributed by atoms with Crippen LogP contribution in [0.1, 0.15) is 38.9 Å². The zero-order valence-corrected chi connectivity index (χ0v) is 15.3. The van der Waals surface area contributed by atoms with Crippen LogP contribution in [0.5, 0.6) is 0 Å². The molecule has 0 aromatic carbocycles. The molecule has 0 spiro atoms. The van der Waals surface area contributed by atoms with Gasteiger partial charge in [-0.05, 0) is 56.1 Å². The summed E-state index contributed by atoms with van der Waals surface area (Å²) in [7, 11) is 3.79. The number of halogens is 1. The normalized spacial score (nSPS) is 20.3. The molecule has 0 aliphatic carbocycles. The fourth-order valence-corrected chi connectivity index (χ4v) is 3.39. The molecule has 7 nitrogen and oxygen atoms in total. The Morgan fingerprint density at radius 1 is 1.50 bits per heavy atom. The van der Waals surface area contributed by atoms with Crippen LogP contribution >= 0.6 is 15.9 Å². The van der Waals surface area contributed by atoms with Gasteiger partial charge in [-0.15, -0.1) is 5.10 Å². The standard InChI is InChI=1S/C14H24BrN5O2/c1-14(2,3)22-13(21)20-7-6-9(8-20)10(16-4)11-12(15)17-18-19(11)5/h9-10,16H,6-8H2,1-5H3. The summed E-state index contributed by atoms with van der Waals surface area (Å²) < 4.78 is 7.95. The highest BCUT2D eigenvalue weighted by Crippen LogP contribution is 2.33. The van der Waals surface area contributed by atoms with Gasteiger partial charge in [0, 0.05) is 20.1 Å². The van der Waals surface area contributed by atoms with Crippen molar-refractivity contribution in [3.8, 4) is 0 Å². The molecule has 1 saturated heterocycles. The Balaban J connectivity index is 2.07. The third-order valence-electron chi connectivity index (χ3n) is 3.78. The SMILES string of the molecule is CNC(c1c(Br)nnn1C)C1CCN(C(=O)OC(C)(C)C)C1. The van der Waals surface area contributed by atoms with Gasteiger partial charge < -0.3 is 15.0 Å². The molecule has 0 saturated carbocycles. The number of aryl methyl sites for hydroxylation is 1. The molecule has 1 aliphatic rings. The monoisotopic (exact) mass is 373 g/mol. The minimum Gasteiger partial charge on any atom is -0.444 e. The van der Waals surface area contributed by atoms with Crippen molar-refractivity contribution in [3.05, 3.63) is 10.3 Å². The highest BCUT2D eigenvalue weighted by atomic mass is 79.9. The van der Waals surface area contributed by atoms with E-state index in [1.807, 2.05) is 34.9 Å². The van der Waals surface area contributed by atoms with Gasteiger partial charge in [0.05, 0.1) is 11.7 Å². The van der Waals surface area contributed by atoms with E-state index in [9.17, 15) is 4.79 Å². The van der Waals surface area contributed by atoms with Crippen molar-refractivity contribution in [2.45, 2.75) is 38.8 Å². The van der Waals surface area contributed by atoms with Crippen LogP contribution in [0, 0.1) is 5.92 Å². The van der Waals surface area contributed by atoms with E-state index in [1.165, 1.54) is 0 Å². The van der Waals surface area contributed by atoms with E-state index in [-0.39, 0.29) is 12.1 Å². The molecule has 2 heterocycles. The van der Waals surface area contributed by atoms with Crippen LogP contribution in [0.15, 0.2) is 4.60 Å². The first kappa shape index (κ1) is 17.2. The van der Waals surface area contributed by atoms with E-state index < -0.39 is 5.60 Å². The second kappa shape index (κ2) is 6.54. The lowest BCUT2D eigenvalue weighted by Crippen LogP contribution is -2.36. The van der Waals surface area contributed by atoms with E-state index in [2.05, 4.69) is 31.6 Å². The molecule has 1 amide bonds. The van der Waals surface area contributed by atoms with Crippen LogP contribution in [0.2, 0.25) is 0 Å². The Morgan fingerprint density at radius 2 is 2.18 bits per heavy atom. The minimum absolute atomic E-state index is 0.0850. The number of hydrogen-bond acceptors (Lipinski definition) is 5. The van der Waals surface area contributed by atoms with Crippen molar-refractivity contribution < 1.29 is 9.53 Å². The maximum absolute atomic E-state index is 12.2. The van der Waals surface area contributed by atoms with Gasteiger partial charge in [-0.25, -0.2) is 9.48 Å². The van der Waals surface area contributed by atoms with Gasteiger partial charge in [-0.1, -0.05) is 5.21 Å². The van der Waals surface area contributed by atoms with Crippen LogP contribution in [0.4, 0.5) is 4.79 Å². The summed E-state index contributed by atoms with van der Waals surface area (Å²) in [6.07, 6.45) is 0.676. The number of amides is 1. The first-order chi connectivity index (χ1) is 10.2. The molecule has 1 fully saturated rings. The van der Waals surface area contributed by atoms with Crippen LogP contribution in [-0.2, 0) is 11.8 Å². The highest BCUT2D eigenvalue weighted by molar-refractivity contribution is 9.10. The first-order valence-corrected chi connectivity index (χ1v) is 8.22. The highest BCUT2D eigenvalue weighted by Gasteiger charge is 2.36. The molecule has 1 aliphatic heterocycles. The first-order valence-electron chi connectivity index (χ1n) is 7.43. The third kappa shape index (κ3) is 3.78. The van der Waals surface area contributed by atoms with Crippen molar-refractivity contribution in [1.82, 2.24) is 25.2 Å². The fraction of sp³-hybridized carbons (Fsp3) is 0.786. The molecule has 0 radical (unpaired) electrons. The van der Waals surface area contributed by atoms with Crippen LogP contribution < -0.4 is 5.32 Å². The van der Waals surface area contributed by atoms with E-state index in [1.54, 1.807) is 9.58 Å². The number of aromatic nitrogens is 3. The van der Waals surface area contributed by atoms with Crippen LogP contribution in [0.25, 0.3) is 0 Å². The molecule has 22 heavy (non-hydrogen) atoms. The van der Waals surface area contributed by atoms with Gasteiger partial charge in [-0.2, -0.15) is 0 Å². The Morgan fingerprint density at radius 3 is 2.68 bits per heavy atom. The van der Waals surface area contributed by atoms with Crippen molar-refractivity contribution >= 4 is 22.0 Å². The molecular formula is C14H24BrN5O2. The molecule has 8 heteroatoms. The molecule has 2 atom stereocenters. The quantitative estimate of drug-likeness (QED) is 0.877. The fourth-order valence-electron chi connectivity index (χ4n) is 2.82. The summed E-state index contributed by atoms with van der Waals surface area (Å²) >= 11 is 3.45. The number of nitrogens with zero attached hydrogens (tertiary/aromatic N) is 4. The topological polar surface area (TPSA) is 72.3 Å². The van der Waals surface area contributed by atoms with Gasteiger partial charge in [0.25, 0.3) is 0 Å². The average molecular weight is 374 g/mol. The van der Waals surface area contributed by atoms with Crippen LogP contribution in [0.3, 0.4) is 0 Å². The van der Waals surface area contributed by atoms with Crippen molar-refractivity contribution in [2.24, 2.45) is 13.0 Å². The number of hydrogen-bond donors (Lipinski definition) is 1. The molecule has 1 aromatic rings. The van der Waals surface area contributed by atoms with E-state index in [4.69, 9.17) is 4.74 Å². The van der Waals surface area contributed by atoms with Crippen LogP contribution in [-0.4, -0.2) is 51.7 Å². The van der Waals surface area contributed by atoms with E-state index >= 15 is 0 Å². The largest absolute Gasteiger partial charge is 0.444 e. The lowest BCUT2D eigenvalue weighted by Gasteiger charge is -2.26. The van der Waals surface area contributed by atoms with Crippen molar-refractivity contribution in [3.63, 3.8) is 0 Å². The average Bonchev–Trinajstić information content (AvgIpc) is 3.00. The summed E-state index contributed by atoms with van der Waals surface area (Å²) in [5, 5.41) is 11.4. The molecule has 0 bridgehead atoms. The summed E-state index contributed by atoms with van der Waals surface area (Å²) in [6.45, 7) is 7.02. The van der Waals surface area contributed by atoms with Gasteiger partial charge in [0.1, 0.15) is 5.60 Å². The molecule has 2 unspecified atom stereocenters. The maximum atomic E-state index is 12.2. The summed E-state index contributed by atoms with van der Waals surface area (Å²) in [5.41, 5.74) is 0.533. The Labute approximate surface area is 139 Å². The molecular weight excluding hydrogens is 350 g/mol. The summed E-state index contributed by atoms with van der Waals surface area (Å²) in [4.78, 5) is 14.0. The summed E-state index contributed by atoms with van der Waals surface area (Å²) in [6, 6.07) is 0.0850. The predicted octanol–water partition coefficient (Wildman–Crippen LogP) is 2.10. The summed E-state index contributed by atoms with van der Waals surface area (Å²) in [5.74, 6) is 0.297. The second-order valence-corrected chi connectivity index (χ2v) is 7.38. The number of carbonyl (C=O) groups excluding carboxylic acids is 1. The Kier molecular flexibility index (Phi) is 5.11. The molecule has 124 valence electrons. The number of ether oxygens (including phenoxy) is 1. The molecule has 2 rings (SSSR count). The Hall–Kier alpha value is -1.15. The van der Waals surface area contributed by atoms with Gasteiger partial charge in [-0.3, -0.25) is 0 Å². The van der Waals surface area contributed by atoms with Crippen molar-refractivity contribution in [2.75, 3.05) is 20.1 Å².